The first-order chi connectivity index (χ1) is 7.61. The van der Waals surface area contributed by atoms with Gasteiger partial charge in [0.15, 0.2) is 0 Å². The van der Waals surface area contributed by atoms with Crippen LogP contribution in [0.5, 0.6) is 0 Å². The average molecular weight is 282 g/mol. The van der Waals surface area contributed by atoms with Crippen LogP contribution in [0.15, 0.2) is 71.6 Å². The van der Waals surface area contributed by atoms with Gasteiger partial charge in [-0.1, -0.05) is 54.6 Å². The van der Waals surface area contributed by atoms with E-state index in [2.05, 4.69) is 0 Å². The molecule has 0 aliphatic heterocycles. The second-order valence-corrected chi connectivity index (χ2v) is 4.36. The van der Waals surface area contributed by atoms with Crippen molar-refractivity contribution in [1.82, 2.24) is 0 Å². The van der Waals surface area contributed by atoms with E-state index in [9.17, 15) is 8.42 Å². The normalized spacial score (nSPS) is 8.94. The summed E-state index contributed by atoms with van der Waals surface area (Å²) in [5, 5.41) is 0. The molecule has 2 aromatic rings. The Labute approximate surface area is 152 Å². The molecule has 2 rings (SSSR count). The van der Waals surface area contributed by atoms with Crippen molar-refractivity contribution in [3.05, 3.63) is 66.7 Å². The molecule has 3 nitrogen and oxygen atoms in total. The van der Waals surface area contributed by atoms with Gasteiger partial charge >= 0.3 is 0 Å². The van der Waals surface area contributed by atoms with Gasteiger partial charge in [-0.3, -0.25) is 4.55 Å². The topological polar surface area (TPSA) is 54.4 Å². The predicted octanol–water partition coefficient (Wildman–Crippen LogP) is 1.86. The Morgan fingerprint density at radius 1 is 0.667 bits per heavy atom. The van der Waals surface area contributed by atoms with Crippen molar-refractivity contribution < 1.29 is 13.0 Å². The first-order valence-corrected chi connectivity index (χ1v) is 6.07. The van der Waals surface area contributed by atoms with Crippen LogP contribution in [0.4, 0.5) is 0 Å². The molecule has 0 fully saturated rings. The summed E-state index contributed by atoms with van der Waals surface area (Å²) >= 11 is 0. The van der Waals surface area contributed by atoms with E-state index >= 15 is 0 Å². The third-order valence-electron chi connectivity index (χ3n) is 1.71. The van der Waals surface area contributed by atoms with Gasteiger partial charge in [0.1, 0.15) is 0 Å². The molecule has 0 unspecified atom stereocenters. The van der Waals surface area contributed by atoms with Crippen molar-refractivity contribution in [2.75, 3.05) is 0 Å². The molecule has 0 saturated carbocycles. The fraction of sp³-hybridized carbons (Fsp3) is 0. The van der Waals surface area contributed by atoms with Crippen LogP contribution in [-0.2, 0) is 10.1 Å². The van der Waals surface area contributed by atoms with Crippen LogP contribution in [0.25, 0.3) is 0 Å². The van der Waals surface area contributed by atoms with Crippen molar-refractivity contribution in [1.29, 1.82) is 0 Å². The molecule has 0 aliphatic carbocycles. The third kappa shape index (κ3) is 9.30. The number of hydrogen-bond acceptors (Lipinski definition) is 2. The molecule has 0 heterocycles. The summed E-state index contributed by atoms with van der Waals surface area (Å²) < 4.78 is 29.2. The van der Waals surface area contributed by atoms with Crippen molar-refractivity contribution >= 4 is 69.2 Å². The van der Waals surface area contributed by atoms with Crippen LogP contribution in [0, 0.1) is 0 Å². The smallest absolute Gasteiger partial charge is 0.282 e. The second-order valence-electron chi connectivity index (χ2n) is 2.94. The van der Waals surface area contributed by atoms with Crippen molar-refractivity contribution in [2.24, 2.45) is 0 Å². The Bertz CT molecular complexity index is 475. The summed E-state index contributed by atoms with van der Waals surface area (Å²) in [4.78, 5) is -0.0741. The summed E-state index contributed by atoms with van der Waals surface area (Å²) in [6.45, 7) is 0. The van der Waals surface area contributed by atoms with Gasteiger partial charge in [-0.25, -0.2) is 0 Å². The zero-order valence-corrected chi connectivity index (χ0v) is 15.3. The summed E-state index contributed by atoms with van der Waals surface area (Å²) in [5.74, 6) is 0. The van der Waals surface area contributed by atoms with Crippen LogP contribution >= 0.6 is 0 Å². The summed E-state index contributed by atoms with van der Waals surface area (Å²) in [6.07, 6.45) is 0. The molecule has 18 heavy (non-hydrogen) atoms. The number of benzene rings is 2. The van der Waals surface area contributed by atoms with E-state index in [1.165, 1.54) is 12.1 Å². The van der Waals surface area contributed by atoms with Crippen LogP contribution in [0.1, 0.15) is 0 Å². The largest absolute Gasteiger partial charge is 0.294 e. The minimum absolute atomic E-state index is 0. The van der Waals surface area contributed by atoms with Gasteiger partial charge in [0.25, 0.3) is 10.1 Å². The van der Waals surface area contributed by atoms with Crippen molar-refractivity contribution in [2.45, 2.75) is 4.90 Å². The molecule has 86 valence electrons. The van der Waals surface area contributed by atoms with Crippen molar-refractivity contribution in [3.8, 4) is 0 Å². The standard InChI is InChI=1S/C6H6O3S.C6H6.2Na/c7-10(8,9)6-4-2-1-3-5-6;1-2-4-6-5-3-1;;/h1-5H,(H,7,8,9);1-6H;;. The fourth-order valence-electron chi connectivity index (χ4n) is 0.977. The van der Waals surface area contributed by atoms with Gasteiger partial charge in [0, 0.05) is 59.1 Å². The van der Waals surface area contributed by atoms with Gasteiger partial charge < -0.3 is 0 Å². The minimum Gasteiger partial charge on any atom is -0.282 e. The van der Waals surface area contributed by atoms with E-state index in [4.69, 9.17) is 4.55 Å². The molecule has 0 spiro atoms. The maximum Gasteiger partial charge on any atom is 0.294 e. The molecule has 0 aliphatic rings. The van der Waals surface area contributed by atoms with E-state index in [-0.39, 0.29) is 64.0 Å². The first kappa shape index (κ1) is 20.7. The molecule has 0 amide bonds. The summed E-state index contributed by atoms with van der Waals surface area (Å²) in [6, 6.07) is 19.4. The Morgan fingerprint density at radius 3 is 1.17 bits per heavy atom. The van der Waals surface area contributed by atoms with Gasteiger partial charge in [-0.05, 0) is 12.1 Å². The van der Waals surface area contributed by atoms with Gasteiger partial charge in [0.05, 0.1) is 4.90 Å². The van der Waals surface area contributed by atoms with E-state index in [1.807, 2.05) is 36.4 Å². The van der Waals surface area contributed by atoms with Crippen LogP contribution in [-0.4, -0.2) is 72.1 Å². The van der Waals surface area contributed by atoms with E-state index in [1.54, 1.807) is 18.2 Å². The zero-order valence-electron chi connectivity index (χ0n) is 10.5. The second kappa shape index (κ2) is 11.2. The predicted molar refractivity (Wildman–Crippen MR) is 74.2 cm³/mol. The van der Waals surface area contributed by atoms with Crippen LogP contribution in [0.3, 0.4) is 0 Å². The molecule has 2 aromatic carbocycles. The molecule has 2 radical (unpaired) electrons. The average Bonchev–Trinajstić information content (AvgIpc) is 2.32. The fourth-order valence-corrected chi connectivity index (χ4v) is 1.48. The maximum atomic E-state index is 10.4. The molecular formula is C12H12Na2O3S. The van der Waals surface area contributed by atoms with Gasteiger partial charge in [-0.2, -0.15) is 8.42 Å². The molecular weight excluding hydrogens is 270 g/mol. The zero-order chi connectivity index (χ0) is 11.9. The SMILES string of the molecule is O=S(=O)(O)c1ccccc1.[Na].[Na].c1ccccc1. The molecule has 1 N–H and O–H groups in total. The van der Waals surface area contributed by atoms with E-state index < -0.39 is 10.1 Å². The quantitative estimate of drug-likeness (QED) is 0.641. The van der Waals surface area contributed by atoms with E-state index in [0.717, 1.165) is 0 Å². The maximum absolute atomic E-state index is 10.4. The monoisotopic (exact) mass is 282 g/mol. The molecule has 0 bridgehead atoms. The van der Waals surface area contributed by atoms with Gasteiger partial charge in [0.2, 0.25) is 0 Å². The number of rotatable bonds is 1. The Balaban J connectivity index is 0. The van der Waals surface area contributed by atoms with Crippen molar-refractivity contribution in [3.63, 3.8) is 0 Å². The Kier molecular flexibility index (Phi) is 12.9. The summed E-state index contributed by atoms with van der Waals surface area (Å²) in [5.41, 5.74) is 0. The number of hydrogen-bond donors (Lipinski definition) is 1. The molecule has 0 atom stereocenters. The molecule has 0 aromatic heterocycles. The minimum atomic E-state index is -4.00. The Hall–Kier alpha value is 0.350. The van der Waals surface area contributed by atoms with Crippen LogP contribution < -0.4 is 0 Å². The van der Waals surface area contributed by atoms with E-state index in [0.29, 0.717) is 0 Å². The first-order valence-electron chi connectivity index (χ1n) is 4.63. The molecule has 0 saturated heterocycles. The third-order valence-corrected chi connectivity index (χ3v) is 2.58. The summed E-state index contributed by atoms with van der Waals surface area (Å²) in [7, 11) is -4.00. The Morgan fingerprint density at radius 2 is 0.944 bits per heavy atom. The van der Waals surface area contributed by atoms with Gasteiger partial charge in [-0.15, -0.1) is 0 Å². The molecule has 6 heteroatoms. The van der Waals surface area contributed by atoms with Crippen LogP contribution in [0.2, 0.25) is 0 Å².